The number of ether oxygens (including phenoxy) is 1. The Balaban J connectivity index is 2.02. The van der Waals surface area contributed by atoms with Crippen LogP contribution in [0.2, 0.25) is 0 Å². The molecule has 0 spiro atoms. The van der Waals surface area contributed by atoms with E-state index in [9.17, 15) is 4.39 Å². The van der Waals surface area contributed by atoms with Gasteiger partial charge in [-0.05, 0) is 28.1 Å². The first-order valence-corrected chi connectivity index (χ1v) is 5.89. The van der Waals surface area contributed by atoms with Gasteiger partial charge < -0.3 is 4.74 Å². The molecular formula is C10H7BrFNOS. The highest BCUT2D eigenvalue weighted by molar-refractivity contribution is 9.10. The van der Waals surface area contributed by atoms with E-state index < -0.39 is 0 Å². The summed E-state index contributed by atoms with van der Waals surface area (Å²) < 4.78 is 18.9. The van der Waals surface area contributed by atoms with Crippen LogP contribution >= 0.6 is 27.3 Å². The van der Waals surface area contributed by atoms with Gasteiger partial charge in [0, 0.05) is 17.6 Å². The molecule has 0 N–H and O–H groups in total. The fourth-order valence-corrected chi connectivity index (χ4v) is 1.81. The highest BCUT2D eigenvalue weighted by Crippen LogP contribution is 2.21. The Hall–Kier alpha value is -0.940. The maximum Gasteiger partial charge on any atom is 0.141 e. The number of aromatic nitrogens is 1. The number of halogens is 2. The Bertz CT molecular complexity index is 447. The van der Waals surface area contributed by atoms with Gasteiger partial charge >= 0.3 is 0 Å². The third kappa shape index (κ3) is 2.76. The summed E-state index contributed by atoms with van der Waals surface area (Å²) in [7, 11) is 0. The number of hydrogen-bond donors (Lipinski definition) is 0. The summed E-state index contributed by atoms with van der Waals surface area (Å²) in [5.41, 5.74) is 0. The summed E-state index contributed by atoms with van der Waals surface area (Å²) >= 11 is 4.59. The van der Waals surface area contributed by atoms with Gasteiger partial charge in [0.05, 0.1) is 4.47 Å². The molecule has 2 aromatic rings. The average Bonchev–Trinajstić information content (AvgIpc) is 2.73. The van der Waals surface area contributed by atoms with Crippen LogP contribution < -0.4 is 4.74 Å². The van der Waals surface area contributed by atoms with E-state index in [2.05, 4.69) is 20.9 Å². The lowest BCUT2D eigenvalue weighted by molar-refractivity contribution is 0.304. The molecule has 0 saturated carbocycles. The zero-order valence-electron chi connectivity index (χ0n) is 7.61. The second kappa shape index (κ2) is 4.72. The van der Waals surface area contributed by atoms with E-state index >= 15 is 0 Å². The van der Waals surface area contributed by atoms with Crippen LogP contribution in [0, 0.1) is 5.82 Å². The molecule has 1 aromatic carbocycles. The van der Waals surface area contributed by atoms with Crippen LogP contribution in [0.5, 0.6) is 5.75 Å². The summed E-state index contributed by atoms with van der Waals surface area (Å²) in [4.78, 5) is 4.06. The Morgan fingerprint density at radius 3 is 3.00 bits per heavy atom. The summed E-state index contributed by atoms with van der Waals surface area (Å²) in [6.45, 7) is 0.374. The highest BCUT2D eigenvalue weighted by atomic mass is 79.9. The molecule has 0 radical (unpaired) electrons. The summed E-state index contributed by atoms with van der Waals surface area (Å²) in [6, 6.07) is 4.67. The molecule has 0 bridgehead atoms. The molecule has 2 nitrogen and oxygen atoms in total. The molecule has 78 valence electrons. The second-order valence-electron chi connectivity index (χ2n) is 2.79. The largest absolute Gasteiger partial charge is 0.486 e. The second-order valence-corrected chi connectivity index (χ2v) is 4.62. The first kappa shape index (κ1) is 10.6. The van der Waals surface area contributed by atoms with Gasteiger partial charge in [0.2, 0.25) is 0 Å². The topological polar surface area (TPSA) is 22.1 Å². The van der Waals surface area contributed by atoms with Crippen LogP contribution in [-0.2, 0) is 6.61 Å². The predicted octanol–water partition coefficient (Wildman–Crippen LogP) is 3.62. The van der Waals surface area contributed by atoms with Crippen molar-refractivity contribution < 1.29 is 9.13 Å². The van der Waals surface area contributed by atoms with Crippen molar-refractivity contribution in [3.05, 3.63) is 45.1 Å². The van der Waals surface area contributed by atoms with Gasteiger partial charge in [-0.3, -0.25) is 0 Å². The number of rotatable bonds is 3. The number of hydrogen-bond acceptors (Lipinski definition) is 3. The molecule has 1 heterocycles. The van der Waals surface area contributed by atoms with Crippen molar-refractivity contribution in [3.8, 4) is 5.75 Å². The third-order valence-electron chi connectivity index (χ3n) is 1.74. The van der Waals surface area contributed by atoms with E-state index in [1.807, 2.05) is 5.38 Å². The van der Waals surface area contributed by atoms with Crippen LogP contribution in [0.15, 0.2) is 34.2 Å². The average molecular weight is 288 g/mol. The van der Waals surface area contributed by atoms with Crippen molar-refractivity contribution in [2.75, 3.05) is 0 Å². The van der Waals surface area contributed by atoms with E-state index in [1.165, 1.54) is 17.4 Å². The smallest absolute Gasteiger partial charge is 0.141 e. The van der Waals surface area contributed by atoms with Crippen molar-refractivity contribution in [2.45, 2.75) is 6.61 Å². The SMILES string of the molecule is Fc1cc(OCc2nccs2)ccc1Br. The number of benzene rings is 1. The fourth-order valence-electron chi connectivity index (χ4n) is 1.04. The van der Waals surface area contributed by atoms with E-state index in [-0.39, 0.29) is 5.82 Å². The molecule has 5 heteroatoms. The minimum atomic E-state index is -0.327. The minimum absolute atomic E-state index is 0.327. The lowest BCUT2D eigenvalue weighted by Crippen LogP contribution is -1.94. The van der Waals surface area contributed by atoms with Crippen molar-refractivity contribution in [2.24, 2.45) is 0 Å². The molecule has 0 unspecified atom stereocenters. The molecule has 1 aromatic heterocycles. The van der Waals surface area contributed by atoms with Crippen molar-refractivity contribution in [1.82, 2.24) is 4.98 Å². The van der Waals surface area contributed by atoms with E-state index in [0.717, 1.165) is 5.01 Å². The molecule has 15 heavy (non-hydrogen) atoms. The van der Waals surface area contributed by atoms with Gasteiger partial charge in [-0.15, -0.1) is 11.3 Å². The fraction of sp³-hybridized carbons (Fsp3) is 0.100. The zero-order chi connectivity index (χ0) is 10.7. The summed E-state index contributed by atoms with van der Waals surface area (Å²) in [6.07, 6.45) is 1.71. The predicted molar refractivity (Wildman–Crippen MR) is 60.5 cm³/mol. The lowest BCUT2D eigenvalue weighted by Gasteiger charge is -2.04. The standard InChI is InChI=1S/C10H7BrFNOS/c11-8-2-1-7(5-9(8)12)14-6-10-13-3-4-15-10/h1-5H,6H2. The Labute approximate surface area is 98.9 Å². The van der Waals surface area contributed by atoms with Gasteiger partial charge in [0.25, 0.3) is 0 Å². The molecule has 0 aliphatic carbocycles. The number of thiazole rings is 1. The van der Waals surface area contributed by atoms with E-state index in [0.29, 0.717) is 16.8 Å². The quantitative estimate of drug-likeness (QED) is 0.860. The van der Waals surface area contributed by atoms with Gasteiger partial charge in [-0.25, -0.2) is 9.37 Å². The third-order valence-corrected chi connectivity index (χ3v) is 3.13. The highest BCUT2D eigenvalue weighted by Gasteiger charge is 2.02. The number of nitrogens with zero attached hydrogens (tertiary/aromatic N) is 1. The molecule has 0 aliphatic heterocycles. The first-order valence-electron chi connectivity index (χ1n) is 4.22. The Morgan fingerprint density at radius 2 is 2.33 bits per heavy atom. The van der Waals surface area contributed by atoms with Crippen LogP contribution in [0.3, 0.4) is 0 Å². The summed E-state index contributed by atoms with van der Waals surface area (Å²) in [5, 5.41) is 2.75. The molecule has 0 aliphatic rings. The molecule has 0 saturated heterocycles. The van der Waals surface area contributed by atoms with Crippen molar-refractivity contribution in [1.29, 1.82) is 0 Å². The van der Waals surface area contributed by atoms with Gasteiger partial charge in [-0.2, -0.15) is 0 Å². The monoisotopic (exact) mass is 287 g/mol. The molecule has 0 fully saturated rings. The van der Waals surface area contributed by atoms with Crippen LogP contribution in [0.25, 0.3) is 0 Å². The van der Waals surface area contributed by atoms with Gasteiger partial charge in [0.15, 0.2) is 0 Å². The van der Waals surface area contributed by atoms with Crippen LogP contribution in [0.1, 0.15) is 5.01 Å². The van der Waals surface area contributed by atoms with Crippen molar-refractivity contribution in [3.63, 3.8) is 0 Å². The first-order chi connectivity index (χ1) is 7.25. The maximum atomic E-state index is 13.1. The molecule has 0 amide bonds. The minimum Gasteiger partial charge on any atom is -0.486 e. The zero-order valence-corrected chi connectivity index (χ0v) is 10.0. The summed E-state index contributed by atoms with van der Waals surface area (Å²) in [5.74, 6) is 0.178. The normalized spacial score (nSPS) is 10.3. The Morgan fingerprint density at radius 1 is 1.47 bits per heavy atom. The van der Waals surface area contributed by atoms with Crippen LogP contribution in [0.4, 0.5) is 4.39 Å². The van der Waals surface area contributed by atoms with E-state index in [4.69, 9.17) is 4.74 Å². The van der Waals surface area contributed by atoms with Gasteiger partial charge in [-0.1, -0.05) is 0 Å². The molecule has 0 atom stereocenters. The van der Waals surface area contributed by atoms with Crippen LogP contribution in [-0.4, -0.2) is 4.98 Å². The van der Waals surface area contributed by atoms with Gasteiger partial charge in [0.1, 0.15) is 23.2 Å². The van der Waals surface area contributed by atoms with E-state index in [1.54, 1.807) is 18.3 Å². The van der Waals surface area contributed by atoms with Crippen molar-refractivity contribution >= 4 is 27.3 Å². The molecular weight excluding hydrogens is 281 g/mol. The maximum absolute atomic E-state index is 13.1. The Kier molecular flexibility index (Phi) is 3.33. The lowest BCUT2D eigenvalue weighted by atomic mass is 10.3. The molecule has 2 rings (SSSR count).